The number of nitrogens with two attached hydrogens (primary N) is 1. The molecule has 2 rings (SSSR count). The van der Waals surface area contributed by atoms with Crippen LogP contribution in [0.4, 0.5) is 5.69 Å². The molecule has 0 aliphatic carbocycles. The number of nitrogen functional groups attached to an aromatic ring is 1. The Hall–Kier alpha value is -1.56. The van der Waals surface area contributed by atoms with Crippen molar-refractivity contribution in [1.29, 1.82) is 0 Å². The maximum absolute atomic E-state index is 12.5. The van der Waals surface area contributed by atoms with Crippen LogP contribution in [0.2, 0.25) is 5.15 Å². The van der Waals surface area contributed by atoms with Crippen LogP contribution in [0.3, 0.4) is 0 Å². The average Bonchev–Trinajstić information content (AvgIpc) is 2.72. The van der Waals surface area contributed by atoms with Crippen LogP contribution >= 0.6 is 11.6 Å². The van der Waals surface area contributed by atoms with Gasteiger partial charge < -0.3 is 10.6 Å². The van der Waals surface area contributed by atoms with Crippen molar-refractivity contribution in [2.75, 3.05) is 18.8 Å². The van der Waals surface area contributed by atoms with Gasteiger partial charge in [0.1, 0.15) is 18.1 Å². The third-order valence-corrected chi connectivity index (χ3v) is 3.98. The lowest BCUT2D eigenvalue weighted by Gasteiger charge is -2.25. The molecule has 1 aliphatic heterocycles. The van der Waals surface area contributed by atoms with Crippen molar-refractivity contribution in [3.05, 3.63) is 21.8 Å². The SMILES string of the molecule is CC(C(=O)N1CCCCCC1)n1cnc(Cl)c(N)c1=O. The normalized spacial score (nSPS) is 17.6. The molecule has 0 radical (unpaired) electrons. The molecule has 1 unspecified atom stereocenters. The Labute approximate surface area is 122 Å². The smallest absolute Gasteiger partial charge is 0.278 e. The fourth-order valence-corrected chi connectivity index (χ4v) is 2.54. The molecule has 2 N–H and O–H groups in total. The number of likely N-dealkylation sites (tertiary alicyclic amines) is 1. The van der Waals surface area contributed by atoms with Crippen molar-refractivity contribution < 1.29 is 4.79 Å². The van der Waals surface area contributed by atoms with Crippen molar-refractivity contribution in [3.8, 4) is 0 Å². The van der Waals surface area contributed by atoms with E-state index in [0.717, 1.165) is 38.8 Å². The highest BCUT2D eigenvalue weighted by atomic mass is 35.5. The molecule has 1 aromatic heterocycles. The van der Waals surface area contributed by atoms with Crippen molar-refractivity contribution in [2.45, 2.75) is 38.6 Å². The largest absolute Gasteiger partial charge is 0.392 e. The molecule has 1 amide bonds. The van der Waals surface area contributed by atoms with E-state index in [1.54, 1.807) is 6.92 Å². The van der Waals surface area contributed by atoms with Crippen LogP contribution < -0.4 is 11.3 Å². The fourth-order valence-electron chi connectivity index (χ4n) is 2.41. The van der Waals surface area contributed by atoms with E-state index in [2.05, 4.69) is 4.98 Å². The summed E-state index contributed by atoms with van der Waals surface area (Å²) in [5, 5.41) is -0.0272. The number of anilines is 1. The number of aromatic nitrogens is 2. The van der Waals surface area contributed by atoms with Crippen molar-refractivity contribution >= 4 is 23.2 Å². The Kier molecular flexibility index (Phi) is 4.65. The molecule has 1 aromatic rings. The van der Waals surface area contributed by atoms with Gasteiger partial charge in [0.25, 0.3) is 5.56 Å². The highest BCUT2D eigenvalue weighted by molar-refractivity contribution is 6.31. The minimum absolute atomic E-state index is 0.0272. The highest BCUT2D eigenvalue weighted by Crippen LogP contribution is 2.16. The predicted molar refractivity (Wildman–Crippen MR) is 77.7 cm³/mol. The lowest BCUT2D eigenvalue weighted by atomic mass is 10.2. The zero-order chi connectivity index (χ0) is 14.7. The Morgan fingerprint density at radius 3 is 2.55 bits per heavy atom. The number of carbonyl (C=O) groups excluding carboxylic acids is 1. The number of hydrogen-bond donors (Lipinski definition) is 1. The Bertz CT molecular complexity index is 550. The number of hydrogen-bond acceptors (Lipinski definition) is 4. The quantitative estimate of drug-likeness (QED) is 0.838. The van der Waals surface area contributed by atoms with Crippen LogP contribution in [0, 0.1) is 0 Å². The zero-order valence-electron chi connectivity index (χ0n) is 11.5. The summed E-state index contributed by atoms with van der Waals surface area (Å²) in [5.74, 6) is -0.0717. The van der Waals surface area contributed by atoms with Crippen LogP contribution in [-0.4, -0.2) is 33.4 Å². The van der Waals surface area contributed by atoms with Gasteiger partial charge in [-0.2, -0.15) is 0 Å². The third-order valence-electron chi connectivity index (χ3n) is 3.68. The highest BCUT2D eigenvalue weighted by Gasteiger charge is 2.24. The van der Waals surface area contributed by atoms with E-state index in [1.807, 2.05) is 4.90 Å². The average molecular weight is 299 g/mol. The third kappa shape index (κ3) is 2.95. The summed E-state index contributed by atoms with van der Waals surface area (Å²) in [4.78, 5) is 30.1. The molecule has 1 saturated heterocycles. The molecule has 0 spiro atoms. The summed E-state index contributed by atoms with van der Waals surface area (Å²) in [6, 6.07) is -0.618. The molecule has 0 bridgehead atoms. The standard InChI is InChI=1S/C13H19ClN4O2/c1-9(12(19)17-6-4-2-3-5-7-17)18-8-16-11(14)10(15)13(18)20/h8-9H,2-7,15H2,1H3. The molecule has 1 fully saturated rings. The summed E-state index contributed by atoms with van der Waals surface area (Å²) in [5.41, 5.74) is 4.98. The van der Waals surface area contributed by atoms with Crippen LogP contribution in [0.15, 0.2) is 11.1 Å². The topological polar surface area (TPSA) is 81.2 Å². The van der Waals surface area contributed by atoms with Gasteiger partial charge in [-0.25, -0.2) is 4.98 Å². The number of halogens is 1. The first-order chi connectivity index (χ1) is 9.52. The van der Waals surface area contributed by atoms with E-state index in [4.69, 9.17) is 17.3 Å². The summed E-state index contributed by atoms with van der Waals surface area (Å²) in [7, 11) is 0. The monoisotopic (exact) mass is 298 g/mol. The zero-order valence-corrected chi connectivity index (χ0v) is 12.3. The first-order valence-electron chi connectivity index (χ1n) is 6.83. The van der Waals surface area contributed by atoms with Gasteiger partial charge in [0, 0.05) is 13.1 Å². The maximum atomic E-state index is 12.5. The van der Waals surface area contributed by atoms with E-state index in [-0.39, 0.29) is 16.7 Å². The summed E-state index contributed by atoms with van der Waals surface area (Å²) >= 11 is 5.70. The molecule has 20 heavy (non-hydrogen) atoms. The van der Waals surface area contributed by atoms with Crippen molar-refractivity contribution in [2.24, 2.45) is 0 Å². The molecule has 6 nitrogen and oxygen atoms in total. The van der Waals surface area contributed by atoms with E-state index in [1.165, 1.54) is 10.9 Å². The minimum atomic E-state index is -0.618. The number of nitrogens with zero attached hydrogens (tertiary/aromatic N) is 3. The molecule has 2 heterocycles. The van der Waals surface area contributed by atoms with E-state index >= 15 is 0 Å². The number of amides is 1. The second-order valence-electron chi connectivity index (χ2n) is 5.08. The molecule has 0 saturated carbocycles. The lowest BCUT2D eigenvalue weighted by molar-refractivity contribution is -0.134. The summed E-state index contributed by atoms with van der Waals surface area (Å²) in [6.45, 7) is 3.17. The van der Waals surface area contributed by atoms with Crippen molar-refractivity contribution in [1.82, 2.24) is 14.5 Å². The van der Waals surface area contributed by atoms with Gasteiger partial charge in [0.15, 0.2) is 5.15 Å². The van der Waals surface area contributed by atoms with Gasteiger partial charge in [-0.1, -0.05) is 24.4 Å². The molecule has 0 aromatic carbocycles. The van der Waals surface area contributed by atoms with E-state index < -0.39 is 11.6 Å². The van der Waals surface area contributed by atoms with Crippen molar-refractivity contribution in [3.63, 3.8) is 0 Å². The molecule has 1 atom stereocenters. The van der Waals surface area contributed by atoms with Gasteiger partial charge in [-0.05, 0) is 19.8 Å². The lowest BCUT2D eigenvalue weighted by Crippen LogP contribution is -2.40. The van der Waals surface area contributed by atoms with Gasteiger partial charge >= 0.3 is 0 Å². The van der Waals surface area contributed by atoms with Crippen LogP contribution in [0.1, 0.15) is 38.6 Å². The number of carbonyl (C=O) groups is 1. The Balaban J connectivity index is 2.22. The minimum Gasteiger partial charge on any atom is -0.392 e. The predicted octanol–water partition coefficient (Wildman–Crippen LogP) is 1.44. The molecular weight excluding hydrogens is 280 g/mol. The second-order valence-corrected chi connectivity index (χ2v) is 5.43. The van der Waals surface area contributed by atoms with E-state index in [0.29, 0.717) is 0 Å². The molecular formula is C13H19ClN4O2. The fraction of sp³-hybridized carbons (Fsp3) is 0.615. The van der Waals surface area contributed by atoms with Crippen LogP contribution in [0.25, 0.3) is 0 Å². The van der Waals surface area contributed by atoms with Crippen LogP contribution in [-0.2, 0) is 4.79 Å². The first-order valence-corrected chi connectivity index (χ1v) is 7.21. The second kappa shape index (κ2) is 6.26. The summed E-state index contributed by atoms with van der Waals surface area (Å²) in [6.07, 6.45) is 5.59. The Morgan fingerprint density at radius 2 is 1.95 bits per heavy atom. The van der Waals surface area contributed by atoms with Crippen LogP contribution in [0.5, 0.6) is 0 Å². The van der Waals surface area contributed by atoms with E-state index in [9.17, 15) is 9.59 Å². The van der Waals surface area contributed by atoms with Gasteiger partial charge in [-0.15, -0.1) is 0 Å². The molecule has 110 valence electrons. The molecule has 1 aliphatic rings. The van der Waals surface area contributed by atoms with Gasteiger partial charge in [0.05, 0.1) is 0 Å². The molecule has 7 heteroatoms. The van der Waals surface area contributed by atoms with Gasteiger partial charge in [-0.3, -0.25) is 14.2 Å². The summed E-state index contributed by atoms with van der Waals surface area (Å²) < 4.78 is 1.24. The Morgan fingerprint density at radius 1 is 1.35 bits per heavy atom. The first kappa shape index (κ1) is 14.8. The van der Waals surface area contributed by atoms with Gasteiger partial charge in [0.2, 0.25) is 5.91 Å². The maximum Gasteiger partial charge on any atom is 0.278 e. The number of rotatable bonds is 2.